The molecule has 0 saturated heterocycles. The topological polar surface area (TPSA) is 72.4 Å². The molecule has 1 aliphatic rings. The van der Waals surface area contributed by atoms with E-state index in [0.29, 0.717) is 35.7 Å². The summed E-state index contributed by atoms with van der Waals surface area (Å²) in [5, 5.41) is 6.84. The Balaban J connectivity index is 1.71. The van der Waals surface area contributed by atoms with Crippen LogP contribution in [0.15, 0.2) is 47.6 Å². The number of hydrogen-bond donors (Lipinski definition) is 1. The summed E-state index contributed by atoms with van der Waals surface area (Å²) < 4.78 is 49.8. The van der Waals surface area contributed by atoms with E-state index in [1.165, 1.54) is 18.1 Å². The first-order chi connectivity index (χ1) is 15.7. The second-order valence-corrected chi connectivity index (χ2v) is 7.45. The number of nitrogens with zero attached hydrogens (tertiary/aromatic N) is 2. The summed E-state index contributed by atoms with van der Waals surface area (Å²) in [5.74, 6) is 1.13. The van der Waals surface area contributed by atoms with E-state index in [0.717, 1.165) is 17.7 Å². The van der Waals surface area contributed by atoms with Gasteiger partial charge in [0.2, 0.25) is 0 Å². The lowest BCUT2D eigenvalue weighted by Crippen LogP contribution is -2.43. The standard InChI is InChI=1S/C23H26F3N3O4/c1-4-27-22(30)29(13-15-6-5-7-17(10-15)23(24,25)26)14-18-12-19(28-33-18)16-8-9-20(31-2)21(11-16)32-3/h5-11,18H,4,12-14H2,1-3H3,(H,27,30)/t18-/m0/s1. The van der Waals surface area contributed by atoms with E-state index in [9.17, 15) is 18.0 Å². The Morgan fingerprint density at radius 3 is 2.61 bits per heavy atom. The lowest BCUT2D eigenvalue weighted by atomic mass is 10.0. The van der Waals surface area contributed by atoms with Crippen molar-refractivity contribution in [3.63, 3.8) is 0 Å². The molecule has 3 rings (SSSR count). The molecular formula is C23H26F3N3O4. The number of ether oxygens (including phenoxy) is 2. The fourth-order valence-corrected chi connectivity index (χ4v) is 3.51. The maximum absolute atomic E-state index is 13.1. The van der Waals surface area contributed by atoms with Crippen molar-refractivity contribution in [1.29, 1.82) is 0 Å². The van der Waals surface area contributed by atoms with Gasteiger partial charge in [-0.15, -0.1) is 0 Å². The van der Waals surface area contributed by atoms with Crippen LogP contribution in [0.2, 0.25) is 0 Å². The van der Waals surface area contributed by atoms with Crippen molar-refractivity contribution < 1.29 is 32.3 Å². The first-order valence-electron chi connectivity index (χ1n) is 10.4. The number of hydrogen-bond acceptors (Lipinski definition) is 5. The molecule has 0 bridgehead atoms. The molecule has 2 aromatic rings. The van der Waals surface area contributed by atoms with Crippen molar-refractivity contribution in [3.05, 3.63) is 59.2 Å². The van der Waals surface area contributed by atoms with Crippen LogP contribution in [0.25, 0.3) is 0 Å². The normalized spacial score (nSPS) is 15.5. The minimum atomic E-state index is -4.46. The third-order valence-electron chi connectivity index (χ3n) is 5.12. The Kier molecular flexibility index (Phi) is 7.67. The third kappa shape index (κ3) is 6.09. The van der Waals surface area contributed by atoms with Gasteiger partial charge in [-0.3, -0.25) is 0 Å². The number of halogens is 3. The highest BCUT2D eigenvalue weighted by Gasteiger charge is 2.31. The highest BCUT2D eigenvalue weighted by molar-refractivity contribution is 6.01. The van der Waals surface area contributed by atoms with E-state index in [2.05, 4.69) is 10.5 Å². The monoisotopic (exact) mass is 465 g/mol. The van der Waals surface area contributed by atoms with Gasteiger partial charge in [-0.05, 0) is 42.8 Å². The predicted molar refractivity (Wildman–Crippen MR) is 116 cm³/mol. The quantitative estimate of drug-likeness (QED) is 0.626. The van der Waals surface area contributed by atoms with Crippen LogP contribution in [0.3, 0.4) is 0 Å². The number of rotatable bonds is 8. The summed E-state index contributed by atoms with van der Waals surface area (Å²) in [6.07, 6.45) is -4.47. The van der Waals surface area contributed by atoms with Gasteiger partial charge in [0.1, 0.15) is 0 Å². The smallest absolute Gasteiger partial charge is 0.416 e. The van der Waals surface area contributed by atoms with E-state index in [1.54, 1.807) is 32.2 Å². The minimum Gasteiger partial charge on any atom is -0.493 e. The number of urea groups is 1. The summed E-state index contributed by atoms with van der Waals surface area (Å²) in [6.45, 7) is 2.31. The van der Waals surface area contributed by atoms with Crippen LogP contribution in [0.5, 0.6) is 11.5 Å². The van der Waals surface area contributed by atoms with Crippen LogP contribution >= 0.6 is 0 Å². The van der Waals surface area contributed by atoms with Crippen LogP contribution in [0.4, 0.5) is 18.0 Å². The fourth-order valence-electron chi connectivity index (χ4n) is 3.51. The van der Waals surface area contributed by atoms with Gasteiger partial charge in [0.15, 0.2) is 17.6 Å². The van der Waals surface area contributed by atoms with Crippen molar-refractivity contribution in [1.82, 2.24) is 10.2 Å². The van der Waals surface area contributed by atoms with E-state index in [-0.39, 0.29) is 13.1 Å². The molecule has 1 N–H and O–H groups in total. The Morgan fingerprint density at radius 1 is 1.18 bits per heavy atom. The van der Waals surface area contributed by atoms with E-state index in [4.69, 9.17) is 14.3 Å². The number of alkyl halides is 3. The number of methoxy groups -OCH3 is 2. The number of benzene rings is 2. The van der Waals surface area contributed by atoms with E-state index < -0.39 is 23.9 Å². The highest BCUT2D eigenvalue weighted by Crippen LogP contribution is 2.31. The van der Waals surface area contributed by atoms with Gasteiger partial charge in [-0.2, -0.15) is 13.2 Å². The molecule has 0 aromatic heterocycles. The van der Waals surface area contributed by atoms with Gasteiger partial charge in [0.25, 0.3) is 0 Å². The molecule has 7 nitrogen and oxygen atoms in total. The van der Waals surface area contributed by atoms with Gasteiger partial charge < -0.3 is 24.5 Å². The molecule has 0 unspecified atom stereocenters. The lowest BCUT2D eigenvalue weighted by molar-refractivity contribution is -0.137. The highest BCUT2D eigenvalue weighted by atomic mass is 19.4. The van der Waals surface area contributed by atoms with Gasteiger partial charge in [0, 0.05) is 25.1 Å². The molecular weight excluding hydrogens is 439 g/mol. The Morgan fingerprint density at radius 2 is 1.94 bits per heavy atom. The summed E-state index contributed by atoms with van der Waals surface area (Å²) in [7, 11) is 3.08. The van der Waals surface area contributed by atoms with E-state index >= 15 is 0 Å². The molecule has 1 aliphatic heterocycles. The molecule has 10 heteroatoms. The van der Waals surface area contributed by atoms with Crippen LogP contribution in [0, 0.1) is 0 Å². The number of carbonyl (C=O) groups excluding carboxylic acids is 1. The Bertz CT molecular complexity index is 1010. The van der Waals surface area contributed by atoms with Gasteiger partial charge in [0.05, 0.1) is 32.0 Å². The molecule has 178 valence electrons. The first kappa shape index (κ1) is 24.2. The average molecular weight is 465 g/mol. The molecule has 0 fully saturated rings. The van der Waals surface area contributed by atoms with Crippen LogP contribution in [0.1, 0.15) is 30.0 Å². The van der Waals surface area contributed by atoms with Crippen molar-refractivity contribution in [2.24, 2.45) is 5.16 Å². The molecule has 33 heavy (non-hydrogen) atoms. The largest absolute Gasteiger partial charge is 0.493 e. The average Bonchev–Trinajstić information content (AvgIpc) is 3.26. The zero-order chi connectivity index (χ0) is 24.0. The second kappa shape index (κ2) is 10.5. The molecule has 0 saturated carbocycles. The SMILES string of the molecule is CCNC(=O)N(Cc1cccc(C(F)(F)F)c1)C[C@@H]1CC(c2ccc(OC)c(OC)c2)=NO1. The lowest BCUT2D eigenvalue weighted by Gasteiger charge is -2.25. The van der Waals surface area contributed by atoms with Crippen LogP contribution in [-0.2, 0) is 17.6 Å². The summed E-state index contributed by atoms with van der Waals surface area (Å²) in [5.41, 5.74) is 1.08. The molecule has 0 aliphatic carbocycles. The second-order valence-electron chi connectivity index (χ2n) is 7.45. The van der Waals surface area contributed by atoms with Crippen molar-refractivity contribution in [2.75, 3.05) is 27.3 Å². The Hall–Kier alpha value is -3.43. The van der Waals surface area contributed by atoms with Crippen molar-refractivity contribution in [2.45, 2.75) is 32.2 Å². The molecule has 2 aromatic carbocycles. The zero-order valence-electron chi connectivity index (χ0n) is 18.6. The fraction of sp³-hybridized carbons (Fsp3) is 0.391. The van der Waals surface area contributed by atoms with Crippen molar-refractivity contribution in [3.8, 4) is 11.5 Å². The van der Waals surface area contributed by atoms with E-state index in [1.807, 2.05) is 6.07 Å². The molecule has 0 radical (unpaired) electrons. The zero-order valence-corrected chi connectivity index (χ0v) is 18.6. The molecule has 1 atom stereocenters. The summed E-state index contributed by atoms with van der Waals surface area (Å²) in [6, 6.07) is 9.93. The molecule has 0 spiro atoms. The van der Waals surface area contributed by atoms with Crippen LogP contribution in [-0.4, -0.2) is 50.1 Å². The molecule has 2 amide bonds. The minimum absolute atomic E-state index is 0.00129. The summed E-state index contributed by atoms with van der Waals surface area (Å²) in [4.78, 5) is 19.6. The van der Waals surface area contributed by atoms with Gasteiger partial charge in [-0.1, -0.05) is 17.3 Å². The number of amides is 2. The summed E-state index contributed by atoms with van der Waals surface area (Å²) >= 11 is 0. The maximum Gasteiger partial charge on any atom is 0.416 e. The number of oxime groups is 1. The number of nitrogens with one attached hydrogen (secondary N) is 1. The third-order valence-corrected chi connectivity index (χ3v) is 5.12. The maximum atomic E-state index is 13.1. The molecule has 1 heterocycles. The van der Waals surface area contributed by atoms with Gasteiger partial charge >= 0.3 is 12.2 Å². The number of carbonyl (C=O) groups is 1. The predicted octanol–water partition coefficient (Wildman–Crippen LogP) is 4.45. The van der Waals surface area contributed by atoms with Crippen LogP contribution < -0.4 is 14.8 Å². The van der Waals surface area contributed by atoms with Gasteiger partial charge in [-0.25, -0.2) is 4.79 Å². The van der Waals surface area contributed by atoms with Crippen molar-refractivity contribution >= 4 is 11.7 Å². The first-order valence-corrected chi connectivity index (χ1v) is 10.4. The Labute approximate surface area is 190 Å².